The van der Waals surface area contributed by atoms with Crippen molar-refractivity contribution in [3.8, 4) is 5.88 Å². The number of halogens is 1. The molecule has 0 amide bonds. The van der Waals surface area contributed by atoms with Gasteiger partial charge in [-0.3, -0.25) is 0 Å². The summed E-state index contributed by atoms with van der Waals surface area (Å²) in [5.41, 5.74) is 0.422. The molecule has 1 aromatic rings. The molecule has 0 spiro atoms. The average Bonchev–Trinajstić information content (AvgIpc) is 2.73. The first kappa shape index (κ1) is 15.4. The van der Waals surface area contributed by atoms with Gasteiger partial charge >= 0.3 is 0 Å². The third-order valence-corrected chi connectivity index (χ3v) is 3.67. The van der Waals surface area contributed by atoms with Crippen molar-refractivity contribution in [3.05, 3.63) is 17.6 Å². The van der Waals surface area contributed by atoms with Crippen LogP contribution in [0.1, 0.15) is 16.9 Å². The third kappa shape index (κ3) is 2.87. The summed E-state index contributed by atoms with van der Waals surface area (Å²) in [4.78, 5) is 8.22. The van der Waals surface area contributed by atoms with Gasteiger partial charge in [-0.15, -0.1) is 11.6 Å². The van der Waals surface area contributed by atoms with E-state index in [1.54, 1.807) is 13.0 Å². The normalized spacial score (nSPS) is 31.3. The van der Waals surface area contributed by atoms with Crippen LogP contribution in [0.3, 0.4) is 0 Å². The lowest BCUT2D eigenvalue weighted by molar-refractivity contribution is -0.0232. The molecular formula is C12H17ClN2O5. The average molecular weight is 305 g/mol. The zero-order valence-corrected chi connectivity index (χ0v) is 11.9. The van der Waals surface area contributed by atoms with Crippen LogP contribution in [0.15, 0.2) is 6.07 Å². The predicted octanol–water partition coefficient (Wildman–Crippen LogP) is -0.445. The van der Waals surface area contributed by atoms with Crippen LogP contribution in [0, 0.1) is 6.92 Å². The van der Waals surface area contributed by atoms with E-state index in [2.05, 4.69) is 9.97 Å². The molecule has 5 atom stereocenters. The van der Waals surface area contributed by atoms with Gasteiger partial charge in [0.1, 0.15) is 35.6 Å². The molecule has 5 unspecified atom stereocenters. The largest absolute Gasteiger partial charge is 0.481 e. The Morgan fingerprint density at radius 3 is 2.65 bits per heavy atom. The monoisotopic (exact) mass is 304 g/mol. The van der Waals surface area contributed by atoms with E-state index in [1.807, 2.05) is 0 Å². The molecule has 0 aromatic carbocycles. The van der Waals surface area contributed by atoms with Crippen LogP contribution in [0.25, 0.3) is 0 Å². The number of hydrogen-bond acceptors (Lipinski definition) is 7. The highest BCUT2D eigenvalue weighted by molar-refractivity contribution is 6.21. The topological polar surface area (TPSA) is 105 Å². The smallest absolute Gasteiger partial charge is 0.216 e. The minimum atomic E-state index is -1.20. The van der Waals surface area contributed by atoms with Crippen LogP contribution in [0.2, 0.25) is 0 Å². The molecule has 112 valence electrons. The molecule has 3 N–H and O–H groups in total. The molecule has 1 aliphatic heterocycles. The van der Waals surface area contributed by atoms with Gasteiger partial charge in [0, 0.05) is 6.07 Å². The minimum Gasteiger partial charge on any atom is -0.481 e. The molecule has 7 nitrogen and oxygen atoms in total. The number of hydrogen-bond donors (Lipinski definition) is 3. The van der Waals surface area contributed by atoms with Crippen LogP contribution >= 0.6 is 11.6 Å². The summed E-state index contributed by atoms with van der Waals surface area (Å²) in [6, 6.07) is 1.54. The Kier molecular flexibility index (Phi) is 4.77. The Bertz CT molecular complexity index is 475. The molecule has 8 heteroatoms. The second-order valence-electron chi connectivity index (χ2n) is 4.59. The van der Waals surface area contributed by atoms with Gasteiger partial charge in [-0.1, -0.05) is 0 Å². The zero-order valence-electron chi connectivity index (χ0n) is 11.1. The first-order valence-electron chi connectivity index (χ1n) is 6.14. The Morgan fingerprint density at radius 1 is 1.40 bits per heavy atom. The summed E-state index contributed by atoms with van der Waals surface area (Å²) in [6.07, 6.45) is -4.11. The van der Waals surface area contributed by atoms with Crippen molar-refractivity contribution in [1.29, 1.82) is 0 Å². The molecular weight excluding hydrogens is 288 g/mol. The van der Waals surface area contributed by atoms with E-state index >= 15 is 0 Å². The molecule has 1 aliphatic rings. The van der Waals surface area contributed by atoms with Crippen LogP contribution < -0.4 is 4.74 Å². The molecule has 1 fully saturated rings. The SMILES string of the molecule is COc1cc(C(Cl)C2OC(CO)C(O)C2O)nc(C)n1. The Morgan fingerprint density at radius 2 is 2.10 bits per heavy atom. The number of alkyl halides is 1. The third-order valence-electron chi connectivity index (χ3n) is 3.19. The number of aliphatic hydroxyl groups is 3. The van der Waals surface area contributed by atoms with Crippen molar-refractivity contribution in [2.24, 2.45) is 0 Å². The van der Waals surface area contributed by atoms with E-state index in [0.717, 1.165) is 0 Å². The Balaban J connectivity index is 2.23. The van der Waals surface area contributed by atoms with Crippen LogP contribution in [0.5, 0.6) is 5.88 Å². The fraction of sp³-hybridized carbons (Fsp3) is 0.667. The maximum absolute atomic E-state index is 9.94. The molecule has 0 radical (unpaired) electrons. The van der Waals surface area contributed by atoms with Gasteiger partial charge in [-0.25, -0.2) is 4.98 Å². The molecule has 1 aromatic heterocycles. The minimum absolute atomic E-state index is 0.352. The number of aliphatic hydroxyl groups excluding tert-OH is 3. The highest BCUT2D eigenvalue weighted by Crippen LogP contribution is 2.35. The summed E-state index contributed by atoms with van der Waals surface area (Å²) < 4.78 is 10.4. The van der Waals surface area contributed by atoms with Gasteiger partial charge in [0.15, 0.2) is 0 Å². The molecule has 1 saturated heterocycles. The molecule has 20 heavy (non-hydrogen) atoms. The summed E-state index contributed by atoms with van der Waals surface area (Å²) >= 11 is 6.27. The van der Waals surface area contributed by atoms with E-state index < -0.39 is 36.4 Å². The molecule has 0 saturated carbocycles. The fourth-order valence-electron chi connectivity index (χ4n) is 2.15. The Hall–Kier alpha value is -0.990. The molecule has 0 aliphatic carbocycles. The van der Waals surface area contributed by atoms with E-state index in [0.29, 0.717) is 17.4 Å². The summed E-state index contributed by atoms with van der Waals surface area (Å²) in [5, 5.41) is 27.9. The lowest BCUT2D eigenvalue weighted by Gasteiger charge is -2.20. The van der Waals surface area contributed by atoms with E-state index in [-0.39, 0.29) is 0 Å². The van der Waals surface area contributed by atoms with Gasteiger partial charge in [0.25, 0.3) is 0 Å². The van der Waals surface area contributed by atoms with E-state index in [1.165, 1.54) is 7.11 Å². The first-order chi connectivity index (χ1) is 9.47. The van der Waals surface area contributed by atoms with E-state index in [4.69, 9.17) is 26.2 Å². The standard InChI is InChI=1S/C12H17ClN2O5/c1-5-14-6(3-8(15-5)19-2)9(13)12-11(18)10(17)7(4-16)20-12/h3,7,9-12,16-18H,4H2,1-2H3. The van der Waals surface area contributed by atoms with Crippen molar-refractivity contribution in [3.63, 3.8) is 0 Å². The van der Waals surface area contributed by atoms with Crippen molar-refractivity contribution in [1.82, 2.24) is 9.97 Å². The Labute approximate surface area is 121 Å². The maximum Gasteiger partial charge on any atom is 0.216 e. The zero-order chi connectivity index (χ0) is 14.9. The first-order valence-corrected chi connectivity index (χ1v) is 6.57. The second-order valence-corrected chi connectivity index (χ2v) is 5.06. The van der Waals surface area contributed by atoms with Gasteiger partial charge < -0.3 is 24.8 Å². The second kappa shape index (κ2) is 6.19. The molecule has 2 heterocycles. The van der Waals surface area contributed by atoms with E-state index in [9.17, 15) is 10.2 Å². The summed E-state index contributed by atoms with van der Waals surface area (Å²) in [5.74, 6) is 0.821. The summed E-state index contributed by atoms with van der Waals surface area (Å²) in [7, 11) is 1.47. The van der Waals surface area contributed by atoms with Crippen LogP contribution in [0.4, 0.5) is 0 Å². The van der Waals surface area contributed by atoms with Gasteiger partial charge in [0.2, 0.25) is 5.88 Å². The van der Waals surface area contributed by atoms with Crippen molar-refractivity contribution in [2.75, 3.05) is 13.7 Å². The summed E-state index contributed by atoms with van der Waals surface area (Å²) in [6.45, 7) is 1.29. The number of methoxy groups -OCH3 is 1. The number of ether oxygens (including phenoxy) is 2. The quantitative estimate of drug-likeness (QED) is 0.647. The van der Waals surface area contributed by atoms with Gasteiger partial charge in [0.05, 0.1) is 19.4 Å². The lowest BCUT2D eigenvalue weighted by Crippen LogP contribution is -2.35. The highest BCUT2D eigenvalue weighted by Gasteiger charge is 2.46. The van der Waals surface area contributed by atoms with Crippen LogP contribution in [-0.4, -0.2) is 63.4 Å². The number of aryl methyl sites for hydroxylation is 1. The number of aromatic nitrogens is 2. The van der Waals surface area contributed by atoms with Gasteiger partial charge in [-0.05, 0) is 6.92 Å². The van der Waals surface area contributed by atoms with Crippen molar-refractivity contribution >= 4 is 11.6 Å². The predicted molar refractivity (Wildman–Crippen MR) is 69.7 cm³/mol. The number of rotatable bonds is 4. The lowest BCUT2D eigenvalue weighted by atomic mass is 10.0. The fourth-order valence-corrected chi connectivity index (χ4v) is 2.47. The van der Waals surface area contributed by atoms with Crippen LogP contribution in [-0.2, 0) is 4.74 Å². The van der Waals surface area contributed by atoms with Crippen molar-refractivity contribution in [2.45, 2.75) is 36.7 Å². The molecule has 2 rings (SSSR count). The van der Waals surface area contributed by atoms with Gasteiger partial charge in [-0.2, -0.15) is 4.98 Å². The number of nitrogens with zero attached hydrogens (tertiary/aromatic N) is 2. The maximum atomic E-state index is 9.94. The van der Waals surface area contributed by atoms with Crippen molar-refractivity contribution < 1.29 is 24.8 Å². The molecule has 0 bridgehead atoms. The highest BCUT2D eigenvalue weighted by atomic mass is 35.5.